The molecule has 11 nitrogen and oxygen atoms in total. The Labute approximate surface area is 307 Å². The lowest BCUT2D eigenvalue weighted by Crippen LogP contribution is -2.40. The molecule has 0 heterocycles. The maximum Gasteiger partial charge on any atom is 0.410 e. The first-order valence-corrected chi connectivity index (χ1v) is 19.6. The van der Waals surface area contributed by atoms with Crippen molar-refractivity contribution >= 4 is 28.0 Å². The second-order valence-electron chi connectivity index (χ2n) is 14.2. The fourth-order valence-electron chi connectivity index (χ4n) is 5.91. The molecule has 0 unspecified atom stereocenters. The van der Waals surface area contributed by atoms with Crippen LogP contribution in [0.3, 0.4) is 0 Å². The maximum atomic E-state index is 13.3. The lowest BCUT2D eigenvalue weighted by atomic mass is 9.97. The van der Waals surface area contributed by atoms with Gasteiger partial charge < -0.3 is 24.2 Å². The predicted molar refractivity (Wildman–Crippen MR) is 199 cm³/mol. The molecule has 3 aromatic rings. The van der Waals surface area contributed by atoms with E-state index in [9.17, 15) is 27.9 Å². The van der Waals surface area contributed by atoms with Crippen LogP contribution in [0, 0.1) is 0 Å². The molecule has 1 aliphatic carbocycles. The number of amides is 2. The van der Waals surface area contributed by atoms with E-state index in [4.69, 9.17) is 14.2 Å². The van der Waals surface area contributed by atoms with Crippen LogP contribution in [0.4, 0.5) is 4.79 Å². The van der Waals surface area contributed by atoms with Crippen LogP contribution in [0.15, 0.2) is 72.8 Å². The van der Waals surface area contributed by atoms with E-state index in [1.165, 1.54) is 11.8 Å². The van der Waals surface area contributed by atoms with Gasteiger partial charge in [0, 0.05) is 13.5 Å². The van der Waals surface area contributed by atoms with Crippen LogP contribution >= 0.6 is 0 Å². The summed E-state index contributed by atoms with van der Waals surface area (Å²) in [6.07, 6.45) is 4.52. The first kappa shape index (κ1) is 40.4. The van der Waals surface area contributed by atoms with E-state index in [1.54, 1.807) is 39.0 Å². The molecule has 1 fully saturated rings. The zero-order chi connectivity index (χ0) is 37.7. The molecule has 3 aromatic carbocycles. The number of ether oxygens (including phenoxy) is 3. The quantitative estimate of drug-likeness (QED) is 0.117. The summed E-state index contributed by atoms with van der Waals surface area (Å²) in [5.74, 6) is -1.16. The summed E-state index contributed by atoms with van der Waals surface area (Å²) >= 11 is 0. The SMILES string of the molecule is CC(=O)OCCCCS(=O)(=O)NC(=O)c1ccc(-c2ccc(CCN(C[C@H](O)c3ccccc3)C(=O)OC(C)(C)C)cc2)cc1OC1CCCCC1. The van der Waals surface area contributed by atoms with E-state index >= 15 is 0 Å². The average molecular weight is 737 g/mol. The molecule has 0 spiro atoms. The number of esters is 1. The van der Waals surface area contributed by atoms with Crippen LogP contribution < -0.4 is 9.46 Å². The number of aliphatic hydroxyl groups excluding tert-OH is 1. The highest BCUT2D eigenvalue weighted by Crippen LogP contribution is 2.31. The molecule has 12 heteroatoms. The molecule has 2 N–H and O–H groups in total. The summed E-state index contributed by atoms with van der Waals surface area (Å²) in [6.45, 7) is 7.23. The minimum atomic E-state index is -3.94. The number of rotatable bonds is 16. The smallest absolute Gasteiger partial charge is 0.410 e. The fraction of sp³-hybridized carbons (Fsp3) is 0.475. The predicted octanol–water partition coefficient (Wildman–Crippen LogP) is 6.98. The third-order valence-electron chi connectivity index (χ3n) is 8.62. The van der Waals surface area contributed by atoms with E-state index in [-0.39, 0.29) is 37.0 Å². The van der Waals surface area contributed by atoms with Crippen LogP contribution in [-0.2, 0) is 30.7 Å². The molecule has 2 amide bonds. The molecular weight excluding hydrogens is 685 g/mol. The summed E-state index contributed by atoms with van der Waals surface area (Å²) in [5.41, 5.74) is 2.79. The van der Waals surface area contributed by atoms with Gasteiger partial charge in [-0.3, -0.25) is 9.59 Å². The molecule has 0 bridgehead atoms. The lowest BCUT2D eigenvalue weighted by molar-refractivity contribution is -0.141. The second kappa shape index (κ2) is 18.9. The summed E-state index contributed by atoms with van der Waals surface area (Å²) in [7, 11) is -3.94. The summed E-state index contributed by atoms with van der Waals surface area (Å²) in [5, 5.41) is 10.9. The first-order chi connectivity index (χ1) is 24.7. The third kappa shape index (κ3) is 13.3. The summed E-state index contributed by atoms with van der Waals surface area (Å²) in [6, 6.07) is 22.2. The van der Waals surface area contributed by atoms with Crippen molar-refractivity contribution in [3.8, 4) is 16.9 Å². The number of unbranched alkanes of at least 4 members (excludes halogenated alkanes) is 1. The molecule has 1 atom stereocenters. The van der Waals surface area contributed by atoms with Gasteiger partial charge in [0.2, 0.25) is 10.0 Å². The van der Waals surface area contributed by atoms with Crippen molar-refractivity contribution in [1.29, 1.82) is 0 Å². The average Bonchev–Trinajstić information content (AvgIpc) is 3.09. The zero-order valence-corrected chi connectivity index (χ0v) is 31.5. The fourth-order valence-corrected chi connectivity index (χ4v) is 6.99. The number of hydrogen-bond acceptors (Lipinski definition) is 9. The number of benzene rings is 3. The van der Waals surface area contributed by atoms with Gasteiger partial charge in [0.25, 0.3) is 5.91 Å². The number of carbonyl (C=O) groups is 3. The molecule has 4 rings (SSSR count). The highest BCUT2D eigenvalue weighted by atomic mass is 32.2. The molecule has 0 saturated heterocycles. The van der Waals surface area contributed by atoms with Gasteiger partial charge in [0.05, 0.1) is 36.7 Å². The Kier molecular flexibility index (Phi) is 14.7. The first-order valence-electron chi connectivity index (χ1n) is 18.0. The Balaban J connectivity index is 1.47. The van der Waals surface area contributed by atoms with Crippen molar-refractivity contribution in [3.05, 3.63) is 89.5 Å². The van der Waals surface area contributed by atoms with Gasteiger partial charge in [-0.2, -0.15) is 0 Å². The van der Waals surface area contributed by atoms with E-state index in [0.717, 1.165) is 48.8 Å². The lowest BCUT2D eigenvalue weighted by Gasteiger charge is -2.29. The monoisotopic (exact) mass is 736 g/mol. The van der Waals surface area contributed by atoms with Gasteiger partial charge in [0.15, 0.2) is 0 Å². The van der Waals surface area contributed by atoms with Crippen molar-refractivity contribution in [2.45, 2.75) is 96.9 Å². The van der Waals surface area contributed by atoms with Gasteiger partial charge in [-0.1, -0.05) is 67.1 Å². The van der Waals surface area contributed by atoms with Crippen molar-refractivity contribution in [3.63, 3.8) is 0 Å². The minimum Gasteiger partial charge on any atom is -0.490 e. The van der Waals surface area contributed by atoms with Crippen LogP contribution in [-0.4, -0.2) is 73.5 Å². The number of nitrogens with one attached hydrogen (secondary N) is 1. The Morgan fingerprint density at radius 1 is 0.923 bits per heavy atom. The molecule has 52 heavy (non-hydrogen) atoms. The number of hydrogen-bond donors (Lipinski definition) is 2. The Morgan fingerprint density at radius 3 is 2.25 bits per heavy atom. The molecular formula is C40H52N2O9S. The topological polar surface area (TPSA) is 149 Å². The van der Waals surface area contributed by atoms with Crippen LogP contribution in [0.25, 0.3) is 11.1 Å². The molecule has 1 saturated carbocycles. The Hall–Kier alpha value is -4.42. The van der Waals surface area contributed by atoms with Crippen molar-refractivity contribution in [2.75, 3.05) is 25.4 Å². The van der Waals surface area contributed by atoms with Gasteiger partial charge in [-0.05, 0) is 100 Å². The van der Waals surface area contributed by atoms with Gasteiger partial charge >= 0.3 is 12.1 Å². The number of carbonyl (C=O) groups excluding carboxylic acids is 3. The Morgan fingerprint density at radius 2 is 1.60 bits per heavy atom. The highest BCUT2D eigenvalue weighted by molar-refractivity contribution is 7.90. The highest BCUT2D eigenvalue weighted by Gasteiger charge is 2.26. The normalized spacial score (nSPS) is 14.2. The molecule has 282 valence electrons. The Bertz CT molecular complexity index is 1730. The standard InChI is InChI=1S/C40H52N2O9S/c1-29(43)49-25-11-12-26-52(47,48)41-38(45)35-22-21-33(27-37(35)50-34-15-9-6-10-16-34)31-19-17-30(18-20-31)23-24-42(39(46)51-40(2,3)4)28-36(44)32-13-7-5-8-14-32/h5,7-8,13-14,17-22,27,34,36,44H,6,9-12,15-16,23-26,28H2,1-4H3,(H,41,45)/t36-/m0/s1. The van der Waals surface area contributed by atoms with E-state index in [0.29, 0.717) is 30.7 Å². The van der Waals surface area contributed by atoms with Crippen LogP contribution in [0.2, 0.25) is 0 Å². The largest absolute Gasteiger partial charge is 0.490 e. The van der Waals surface area contributed by atoms with Gasteiger partial charge in [-0.25, -0.2) is 17.9 Å². The number of aliphatic hydroxyl groups is 1. The van der Waals surface area contributed by atoms with E-state index in [1.807, 2.05) is 54.6 Å². The second-order valence-corrected chi connectivity index (χ2v) is 16.0. The minimum absolute atomic E-state index is 0.0795. The van der Waals surface area contributed by atoms with Crippen molar-refractivity contribution < 1.29 is 42.1 Å². The van der Waals surface area contributed by atoms with Crippen LogP contribution in [0.1, 0.15) is 100 Å². The summed E-state index contributed by atoms with van der Waals surface area (Å²) in [4.78, 5) is 38.9. The molecule has 1 aliphatic rings. The summed E-state index contributed by atoms with van der Waals surface area (Å²) < 4.78 is 44.5. The number of nitrogens with zero attached hydrogens (tertiary/aromatic N) is 1. The van der Waals surface area contributed by atoms with E-state index in [2.05, 4.69) is 4.72 Å². The van der Waals surface area contributed by atoms with Gasteiger partial charge in [-0.15, -0.1) is 0 Å². The molecule has 0 radical (unpaired) electrons. The van der Waals surface area contributed by atoms with Gasteiger partial charge in [0.1, 0.15) is 11.4 Å². The molecule has 0 aromatic heterocycles. The van der Waals surface area contributed by atoms with Crippen molar-refractivity contribution in [1.82, 2.24) is 9.62 Å². The third-order valence-corrected chi connectivity index (χ3v) is 9.94. The van der Waals surface area contributed by atoms with Crippen LogP contribution in [0.5, 0.6) is 5.75 Å². The zero-order valence-electron chi connectivity index (χ0n) is 30.6. The van der Waals surface area contributed by atoms with E-state index < -0.39 is 39.7 Å². The number of sulfonamides is 1. The maximum absolute atomic E-state index is 13.3. The molecule has 0 aliphatic heterocycles. The van der Waals surface area contributed by atoms with Crippen molar-refractivity contribution in [2.24, 2.45) is 0 Å².